The molecule has 162 valence electrons. The van der Waals surface area contributed by atoms with Crippen molar-refractivity contribution in [3.63, 3.8) is 0 Å². The SMILES string of the molecule is Cc1c(CNCc2ccc3c(c2)OCO3)c(C(=O)O)c(C)n1Cc1ccc(F)cc1Cl. The second kappa shape index (κ2) is 8.61. The Balaban J connectivity index is 1.55. The Morgan fingerprint density at radius 2 is 1.90 bits per heavy atom. The molecular weight excluding hydrogens is 423 g/mol. The van der Waals surface area contributed by atoms with Crippen molar-refractivity contribution >= 4 is 17.6 Å². The molecule has 0 saturated heterocycles. The molecule has 2 aromatic carbocycles. The minimum Gasteiger partial charge on any atom is -0.478 e. The van der Waals surface area contributed by atoms with Gasteiger partial charge in [0, 0.05) is 41.6 Å². The lowest BCUT2D eigenvalue weighted by molar-refractivity contribution is 0.0694. The number of hydrogen-bond acceptors (Lipinski definition) is 4. The van der Waals surface area contributed by atoms with Crippen LogP contribution in [0, 0.1) is 19.7 Å². The standard InChI is InChI=1S/C23H22ClFN2O4/c1-13-18(10-26-9-15-3-6-20-21(7-15)31-12-30-20)22(23(28)29)14(2)27(13)11-16-4-5-17(25)8-19(16)24/h3-8,26H,9-12H2,1-2H3,(H,28,29). The van der Waals surface area contributed by atoms with Crippen LogP contribution in [0.2, 0.25) is 5.02 Å². The Morgan fingerprint density at radius 3 is 2.65 bits per heavy atom. The van der Waals surface area contributed by atoms with Gasteiger partial charge < -0.3 is 24.5 Å². The van der Waals surface area contributed by atoms with Crippen LogP contribution in [0.25, 0.3) is 0 Å². The molecule has 0 amide bonds. The second-order valence-corrected chi connectivity index (χ2v) is 7.85. The topological polar surface area (TPSA) is 72.7 Å². The average molecular weight is 445 g/mol. The van der Waals surface area contributed by atoms with Gasteiger partial charge in [0.1, 0.15) is 5.82 Å². The summed E-state index contributed by atoms with van der Waals surface area (Å²) in [6.07, 6.45) is 0. The van der Waals surface area contributed by atoms with Crippen molar-refractivity contribution in [2.24, 2.45) is 0 Å². The summed E-state index contributed by atoms with van der Waals surface area (Å²) in [6, 6.07) is 9.94. The van der Waals surface area contributed by atoms with Crippen molar-refractivity contribution in [2.45, 2.75) is 33.5 Å². The Hall–Kier alpha value is -3.03. The van der Waals surface area contributed by atoms with Crippen LogP contribution in [-0.4, -0.2) is 22.4 Å². The number of fused-ring (bicyclic) bond motifs is 1. The second-order valence-electron chi connectivity index (χ2n) is 7.44. The Labute approximate surface area is 184 Å². The summed E-state index contributed by atoms with van der Waals surface area (Å²) in [6.45, 7) is 5.16. The van der Waals surface area contributed by atoms with Crippen molar-refractivity contribution in [1.29, 1.82) is 0 Å². The van der Waals surface area contributed by atoms with E-state index in [1.807, 2.05) is 29.7 Å². The fraction of sp³-hybridized carbons (Fsp3) is 0.261. The molecule has 1 aromatic heterocycles. The molecule has 4 rings (SSSR count). The van der Waals surface area contributed by atoms with E-state index in [-0.39, 0.29) is 12.4 Å². The first-order valence-corrected chi connectivity index (χ1v) is 10.2. The van der Waals surface area contributed by atoms with E-state index in [4.69, 9.17) is 21.1 Å². The maximum atomic E-state index is 13.4. The van der Waals surface area contributed by atoms with Gasteiger partial charge in [-0.25, -0.2) is 9.18 Å². The van der Waals surface area contributed by atoms with E-state index in [9.17, 15) is 14.3 Å². The molecule has 2 heterocycles. The zero-order valence-corrected chi connectivity index (χ0v) is 17.9. The fourth-order valence-electron chi connectivity index (χ4n) is 3.89. The highest BCUT2D eigenvalue weighted by Crippen LogP contribution is 2.32. The van der Waals surface area contributed by atoms with E-state index in [0.29, 0.717) is 41.7 Å². The molecule has 1 aliphatic heterocycles. The van der Waals surface area contributed by atoms with Gasteiger partial charge in [0.05, 0.1) is 5.56 Å². The lowest BCUT2D eigenvalue weighted by atomic mass is 10.1. The van der Waals surface area contributed by atoms with E-state index in [1.165, 1.54) is 12.1 Å². The predicted octanol–water partition coefficient (Wildman–Crippen LogP) is 4.66. The molecule has 2 N–H and O–H groups in total. The first kappa shape index (κ1) is 21.2. The monoisotopic (exact) mass is 444 g/mol. The number of nitrogens with zero attached hydrogens (tertiary/aromatic N) is 1. The number of benzene rings is 2. The van der Waals surface area contributed by atoms with E-state index in [0.717, 1.165) is 22.6 Å². The molecule has 0 aliphatic carbocycles. The molecule has 6 nitrogen and oxygen atoms in total. The Kier molecular flexibility index (Phi) is 5.89. The van der Waals surface area contributed by atoms with E-state index < -0.39 is 11.8 Å². The molecular formula is C23H22ClFN2O4. The predicted molar refractivity (Wildman–Crippen MR) is 114 cm³/mol. The molecule has 0 unspecified atom stereocenters. The number of halogens is 2. The summed E-state index contributed by atoms with van der Waals surface area (Å²) in [5.74, 6) is 0.0403. The fourth-order valence-corrected chi connectivity index (χ4v) is 4.12. The van der Waals surface area contributed by atoms with Crippen molar-refractivity contribution in [1.82, 2.24) is 9.88 Å². The highest BCUT2D eigenvalue weighted by Gasteiger charge is 2.23. The van der Waals surface area contributed by atoms with E-state index in [1.54, 1.807) is 13.0 Å². The molecule has 3 aromatic rings. The quantitative estimate of drug-likeness (QED) is 0.554. The molecule has 0 fully saturated rings. The van der Waals surface area contributed by atoms with Crippen molar-refractivity contribution < 1.29 is 23.8 Å². The molecule has 31 heavy (non-hydrogen) atoms. The third-order valence-electron chi connectivity index (χ3n) is 5.54. The molecule has 0 atom stereocenters. The lowest BCUT2D eigenvalue weighted by Gasteiger charge is -2.12. The third-order valence-corrected chi connectivity index (χ3v) is 5.89. The number of aromatic nitrogens is 1. The van der Waals surface area contributed by atoms with Gasteiger partial charge in [0.2, 0.25) is 6.79 Å². The molecule has 0 radical (unpaired) electrons. The number of carboxylic acid groups (broad SMARTS) is 1. The van der Waals surface area contributed by atoms with Crippen molar-refractivity contribution in [3.05, 3.63) is 80.9 Å². The zero-order chi connectivity index (χ0) is 22.1. The summed E-state index contributed by atoms with van der Waals surface area (Å²) in [5.41, 5.74) is 4.17. The number of carbonyl (C=O) groups is 1. The van der Waals surface area contributed by atoms with Gasteiger partial charge in [-0.2, -0.15) is 0 Å². The van der Waals surface area contributed by atoms with Gasteiger partial charge in [0.15, 0.2) is 11.5 Å². The highest BCUT2D eigenvalue weighted by atomic mass is 35.5. The van der Waals surface area contributed by atoms with Crippen LogP contribution in [0.5, 0.6) is 11.5 Å². The molecule has 0 saturated carbocycles. The molecule has 0 bridgehead atoms. The Morgan fingerprint density at radius 1 is 1.13 bits per heavy atom. The number of carboxylic acids is 1. The van der Waals surface area contributed by atoms with Gasteiger partial charge in [-0.3, -0.25) is 0 Å². The summed E-state index contributed by atoms with van der Waals surface area (Å²) in [4.78, 5) is 12.0. The largest absolute Gasteiger partial charge is 0.478 e. The normalized spacial score (nSPS) is 12.4. The lowest BCUT2D eigenvalue weighted by Crippen LogP contribution is -2.15. The summed E-state index contributed by atoms with van der Waals surface area (Å²) >= 11 is 6.18. The van der Waals surface area contributed by atoms with Crippen LogP contribution in [0.1, 0.15) is 38.4 Å². The van der Waals surface area contributed by atoms with Crippen molar-refractivity contribution in [3.8, 4) is 11.5 Å². The number of ether oxygens (including phenoxy) is 2. The first-order valence-electron chi connectivity index (χ1n) is 9.80. The summed E-state index contributed by atoms with van der Waals surface area (Å²) in [7, 11) is 0. The van der Waals surface area contributed by atoms with E-state index in [2.05, 4.69) is 5.32 Å². The maximum Gasteiger partial charge on any atom is 0.337 e. The molecule has 1 aliphatic rings. The van der Waals surface area contributed by atoms with Crippen molar-refractivity contribution in [2.75, 3.05) is 6.79 Å². The van der Waals surface area contributed by atoms with Gasteiger partial charge in [-0.15, -0.1) is 0 Å². The molecule has 8 heteroatoms. The summed E-state index contributed by atoms with van der Waals surface area (Å²) < 4.78 is 26.0. The number of rotatable bonds is 7. The zero-order valence-electron chi connectivity index (χ0n) is 17.2. The van der Waals surface area contributed by atoms with Crippen LogP contribution in [-0.2, 0) is 19.6 Å². The van der Waals surface area contributed by atoms with Gasteiger partial charge in [0.25, 0.3) is 0 Å². The Bertz CT molecular complexity index is 1160. The minimum atomic E-state index is -0.982. The maximum absolute atomic E-state index is 13.4. The number of hydrogen-bond donors (Lipinski definition) is 2. The number of aromatic carboxylic acids is 1. The smallest absolute Gasteiger partial charge is 0.337 e. The summed E-state index contributed by atoms with van der Waals surface area (Å²) in [5, 5.41) is 13.4. The molecule has 0 spiro atoms. The average Bonchev–Trinajstić information content (AvgIpc) is 3.27. The minimum absolute atomic E-state index is 0.220. The van der Waals surface area contributed by atoms with E-state index >= 15 is 0 Å². The van der Waals surface area contributed by atoms with Gasteiger partial charge >= 0.3 is 5.97 Å². The number of nitrogens with one attached hydrogen (secondary N) is 1. The van der Waals surface area contributed by atoms with Gasteiger partial charge in [-0.05, 0) is 49.2 Å². The first-order chi connectivity index (χ1) is 14.8. The highest BCUT2D eigenvalue weighted by molar-refractivity contribution is 6.31. The van der Waals surface area contributed by atoms with Gasteiger partial charge in [-0.1, -0.05) is 23.7 Å². The van der Waals surface area contributed by atoms with Crippen LogP contribution in [0.4, 0.5) is 4.39 Å². The van der Waals surface area contributed by atoms with Crippen LogP contribution in [0.15, 0.2) is 36.4 Å². The third kappa shape index (κ3) is 4.24. The van der Waals surface area contributed by atoms with Crippen LogP contribution < -0.4 is 14.8 Å². The van der Waals surface area contributed by atoms with Crippen LogP contribution >= 0.6 is 11.6 Å². The van der Waals surface area contributed by atoms with Crippen LogP contribution in [0.3, 0.4) is 0 Å².